The fraction of sp³-hybridized carbons (Fsp3) is 0.333. The molecule has 2 atom stereocenters. The van der Waals surface area contributed by atoms with Crippen molar-refractivity contribution in [3.05, 3.63) is 71.3 Å². The maximum Gasteiger partial charge on any atom is 0.303 e. The van der Waals surface area contributed by atoms with Crippen LogP contribution >= 0.6 is 0 Å². The molecule has 2 unspecified atom stereocenters. The summed E-state index contributed by atoms with van der Waals surface area (Å²) in [7, 11) is 0. The van der Waals surface area contributed by atoms with Crippen molar-refractivity contribution in [3.63, 3.8) is 0 Å². The third-order valence-electron chi connectivity index (χ3n) is 4.80. The van der Waals surface area contributed by atoms with Gasteiger partial charge in [0.1, 0.15) is 0 Å². The van der Waals surface area contributed by atoms with Crippen LogP contribution in [0.4, 0.5) is 0 Å². The largest absolute Gasteiger partial charge is 0.481 e. The SMILES string of the molecule is CC(CC(=O)O)CC(=O)N1Cc2ccccc2CC1c1ccccc1. The molecule has 0 saturated carbocycles. The summed E-state index contributed by atoms with van der Waals surface area (Å²) in [5.74, 6) is -1.00. The molecule has 0 aromatic heterocycles. The van der Waals surface area contributed by atoms with E-state index in [1.807, 2.05) is 42.2 Å². The molecule has 1 heterocycles. The Labute approximate surface area is 148 Å². The van der Waals surface area contributed by atoms with Crippen LogP contribution in [-0.2, 0) is 22.6 Å². The number of aliphatic carboxylic acids is 1. The summed E-state index contributed by atoms with van der Waals surface area (Å²) in [5, 5.41) is 8.94. The molecule has 0 fully saturated rings. The first-order chi connectivity index (χ1) is 12.0. The standard InChI is InChI=1S/C21H23NO3/c1-15(12-21(24)25)11-20(23)22-14-18-10-6-5-9-17(18)13-19(22)16-7-3-2-4-8-16/h2-10,15,19H,11-14H2,1H3,(H,24,25). The predicted octanol–water partition coefficient (Wildman–Crippen LogP) is 3.81. The molecule has 3 rings (SSSR count). The number of carbonyl (C=O) groups excluding carboxylic acids is 1. The van der Waals surface area contributed by atoms with Crippen LogP contribution in [0.2, 0.25) is 0 Å². The average molecular weight is 337 g/mol. The molecule has 1 aliphatic heterocycles. The van der Waals surface area contributed by atoms with E-state index in [1.54, 1.807) is 0 Å². The smallest absolute Gasteiger partial charge is 0.303 e. The van der Waals surface area contributed by atoms with E-state index in [-0.39, 0.29) is 30.7 Å². The van der Waals surface area contributed by atoms with Crippen LogP contribution in [0.25, 0.3) is 0 Å². The normalized spacial score (nSPS) is 17.6. The molecule has 25 heavy (non-hydrogen) atoms. The summed E-state index contributed by atoms with van der Waals surface area (Å²) in [6, 6.07) is 18.3. The van der Waals surface area contributed by atoms with Crippen LogP contribution in [0.5, 0.6) is 0 Å². The van der Waals surface area contributed by atoms with E-state index in [1.165, 1.54) is 11.1 Å². The molecule has 0 saturated heterocycles. The van der Waals surface area contributed by atoms with Gasteiger partial charge in [-0.2, -0.15) is 0 Å². The van der Waals surface area contributed by atoms with Crippen molar-refractivity contribution in [2.45, 2.75) is 38.8 Å². The van der Waals surface area contributed by atoms with Gasteiger partial charge in [0.15, 0.2) is 0 Å². The third-order valence-corrected chi connectivity index (χ3v) is 4.80. The topological polar surface area (TPSA) is 57.6 Å². The molecule has 0 aliphatic carbocycles. The van der Waals surface area contributed by atoms with Gasteiger partial charge in [-0.05, 0) is 29.0 Å². The minimum atomic E-state index is -0.858. The Balaban J connectivity index is 1.86. The Morgan fingerprint density at radius 2 is 1.68 bits per heavy atom. The fourth-order valence-electron chi connectivity index (χ4n) is 3.54. The highest BCUT2D eigenvalue weighted by Crippen LogP contribution is 2.34. The average Bonchev–Trinajstić information content (AvgIpc) is 2.60. The van der Waals surface area contributed by atoms with Crippen molar-refractivity contribution in [1.29, 1.82) is 0 Å². The number of fused-ring (bicyclic) bond motifs is 1. The number of carbonyl (C=O) groups is 2. The van der Waals surface area contributed by atoms with Gasteiger partial charge in [-0.1, -0.05) is 61.5 Å². The van der Waals surface area contributed by atoms with Gasteiger partial charge in [-0.3, -0.25) is 9.59 Å². The van der Waals surface area contributed by atoms with Crippen molar-refractivity contribution < 1.29 is 14.7 Å². The number of hydrogen-bond acceptors (Lipinski definition) is 2. The van der Waals surface area contributed by atoms with Crippen molar-refractivity contribution in [2.75, 3.05) is 0 Å². The maximum atomic E-state index is 12.9. The lowest BCUT2D eigenvalue weighted by molar-refractivity contribution is -0.139. The van der Waals surface area contributed by atoms with Gasteiger partial charge < -0.3 is 10.0 Å². The molecule has 4 nitrogen and oxygen atoms in total. The first kappa shape index (κ1) is 17.2. The summed E-state index contributed by atoms with van der Waals surface area (Å²) in [5.41, 5.74) is 3.57. The second-order valence-corrected chi connectivity index (χ2v) is 6.83. The quantitative estimate of drug-likeness (QED) is 0.902. The number of carboxylic acid groups (broad SMARTS) is 1. The van der Waals surface area contributed by atoms with Gasteiger partial charge in [0.2, 0.25) is 5.91 Å². The van der Waals surface area contributed by atoms with E-state index in [9.17, 15) is 9.59 Å². The number of hydrogen-bond donors (Lipinski definition) is 1. The number of carboxylic acids is 1. The first-order valence-electron chi connectivity index (χ1n) is 8.67. The highest BCUT2D eigenvalue weighted by Gasteiger charge is 2.31. The zero-order chi connectivity index (χ0) is 17.8. The minimum absolute atomic E-state index is 0.000582. The molecule has 2 aromatic carbocycles. The maximum absolute atomic E-state index is 12.9. The van der Waals surface area contributed by atoms with Crippen molar-refractivity contribution in [2.24, 2.45) is 5.92 Å². The molecule has 2 aromatic rings. The Kier molecular flexibility index (Phi) is 5.17. The molecule has 0 bridgehead atoms. The number of amides is 1. The van der Waals surface area contributed by atoms with Gasteiger partial charge >= 0.3 is 5.97 Å². The number of rotatable bonds is 5. The van der Waals surface area contributed by atoms with Crippen molar-refractivity contribution >= 4 is 11.9 Å². The Morgan fingerprint density at radius 1 is 1.04 bits per heavy atom. The second-order valence-electron chi connectivity index (χ2n) is 6.83. The summed E-state index contributed by atoms with van der Waals surface area (Å²) in [4.78, 5) is 25.7. The van der Waals surface area contributed by atoms with E-state index < -0.39 is 5.97 Å². The lowest BCUT2D eigenvalue weighted by Gasteiger charge is -2.38. The van der Waals surface area contributed by atoms with E-state index in [2.05, 4.69) is 24.3 Å². The monoisotopic (exact) mass is 337 g/mol. The number of benzene rings is 2. The van der Waals surface area contributed by atoms with E-state index in [0.717, 1.165) is 12.0 Å². The van der Waals surface area contributed by atoms with Gasteiger partial charge in [0.05, 0.1) is 6.04 Å². The highest BCUT2D eigenvalue weighted by molar-refractivity contribution is 5.78. The van der Waals surface area contributed by atoms with Gasteiger partial charge in [0.25, 0.3) is 0 Å². The zero-order valence-corrected chi connectivity index (χ0v) is 14.4. The summed E-state index contributed by atoms with van der Waals surface area (Å²) in [6.07, 6.45) is 1.07. The molecular formula is C21H23NO3. The lowest BCUT2D eigenvalue weighted by atomic mass is 9.89. The van der Waals surface area contributed by atoms with E-state index in [0.29, 0.717) is 6.54 Å². The zero-order valence-electron chi connectivity index (χ0n) is 14.4. The Hall–Kier alpha value is -2.62. The van der Waals surface area contributed by atoms with Crippen LogP contribution in [-0.4, -0.2) is 21.9 Å². The predicted molar refractivity (Wildman–Crippen MR) is 95.9 cm³/mol. The van der Waals surface area contributed by atoms with Crippen molar-refractivity contribution in [3.8, 4) is 0 Å². The van der Waals surface area contributed by atoms with Gasteiger partial charge in [0, 0.05) is 19.4 Å². The van der Waals surface area contributed by atoms with E-state index in [4.69, 9.17) is 5.11 Å². The lowest BCUT2D eigenvalue weighted by Crippen LogP contribution is -2.39. The molecule has 130 valence electrons. The highest BCUT2D eigenvalue weighted by atomic mass is 16.4. The van der Waals surface area contributed by atoms with Crippen LogP contribution in [0.15, 0.2) is 54.6 Å². The molecule has 1 amide bonds. The minimum Gasteiger partial charge on any atom is -0.481 e. The van der Waals surface area contributed by atoms with Crippen LogP contribution in [0.3, 0.4) is 0 Å². The van der Waals surface area contributed by atoms with Gasteiger partial charge in [-0.15, -0.1) is 0 Å². The van der Waals surface area contributed by atoms with Gasteiger partial charge in [-0.25, -0.2) is 0 Å². The summed E-state index contributed by atoms with van der Waals surface area (Å²) in [6.45, 7) is 2.40. The summed E-state index contributed by atoms with van der Waals surface area (Å²) < 4.78 is 0. The van der Waals surface area contributed by atoms with Crippen molar-refractivity contribution in [1.82, 2.24) is 4.90 Å². The Bertz CT molecular complexity index is 757. The second kappa shape index (κ2) is 7.51. The van der Waals surface area contributed by atoms with Crippen LogP contribution < -0.4 is 0 Å². The first-order valence-corrected chi connectivity index (χ1v) is 8.67. The molecule has 4 heteroatoms. The van der Waals surface area contributed by atoms with E-state index >= 15 is 0 Å². The molecular weight excluding hydrogens is 314 g/mol. The molecule has 0 spiro atoms. The van der Waals surface area contributed by atoms with Crippen LogP contribution in [0.1, 0.15) is 42.5 Å². The molecule has 0 radical (unpaired) electrons. The molecule has 1 aliphatic rings. The molecule has 1 N–H and O–H groups in total. The summed E-state index contributed by atoms with van der Waals surface area (Å²) >= 11 is 0. The number of nitrogens with zero attached hydrogens (tertiary/aromatic N) is 1. The third kappa shape index (κ3) is 4.08. The fourth-order valence-corrected chi connectivity index (χ4v) is 3.54. The van der Waals surface area contributed by atoms with Crippen LogP contribution in [0, 0.1) is 5.92 Å². The Morgan fingerprint density at radius 3 is 2.36 bits per heavy atom.